The van der Waals surface area contributed by atoms with Crippen molar-refractivity contribution >= 4 is 12.3 Å². The Balaban J connectivity index is 1.57. The number of pyridine rings is 1. The Morgan fingerprint density at radius 2 is 1.88 bits per heavy atom. The quantitative estimate of drug-likeness (QED) is 0.223. The fourth-order valence-electron chi connectivity index (χ4n) is 3.75. The van der Waals surface area contributed by atoms with Crippen LogP contribution in [0.4, 0.5) is 4.79 Å². The van der Waals surface area contributed by atoms with Crippen molar-refractivity contribution in [1.29, 1.82) is 0 Å². The van der Waals surface area contributed by atoms with Crippen LogP contribution in [0.5, 0.6) is 0 Å². The fourth-order valence-corrected chi connectivity index (χ4v) is 3.75. The van der Waals surface area contributed by atoms with Gasteiger partial charge in [-0.3, -0.25) is 9.88 Å². The molecule has 7 heteroatoms. The van der Waals surface area contributed by atoms with Crippen molar-refractivity contribution in [2.75, 3.05) is 13.1 Å². The minimum atomic E-state index is -0.563. The molecule has 0 aliphatic heterocycles. The summed E-state index contributed by atoms with van der Waals surface area (Å²) in [6.45, 7) is 8.55. The van der Waals surface area contributed by atoms with Crippen LogP contribution in [0.25, 0.3) is 0 Å². The highest BCUT2D eigenvalue weighted by atomic mass is 16.6. The van der Waals surface area contributed by atoms with Crippen molar-refractivity contribution in [3.63, 3.8) is 0 Å². The second-order valence-electron chi connectivity index (χ2n) is 9.62. The molecule has 1 aromatic heterocycles. The maximum absolute atomic E-state index is 12.9. The van der Waals surface area contributed by atoms with Crippen molar-refractivity contribution in [3.05, 3.63) is 65.5 Å². The third kappa shape index (κ3) is 8.85. The van der Waals surface area contributed by atoms with Crippen molar-refractivity contribution in [2.24, 2.45) is 5.16 Å². The van der Waals surface area contributed by atoms with Gasteiger partial charge in [-0.15, -0.1) is 0 Å². The lowest BCUT2D eigenvalue weighted by Crippen LogP contribution is -2.37. The lowest BCUT2D eigenvalue weighted by atomic mass is 10.2. The van der Waals surface area contributed by atoms with Crippen LogP contribution >= 0.6 is 0 Å². The third-order valence-corrected chi connectivity index (χ3v) is 5.47. The summed E-state index contributed by atoms with van der Waals surface area (Å²) in [6, 6.07) is 14.9. The molecule has 7 nitrogen and oxygen atoms in total. The number of carbonyl (C=O) groups is 1. The first-order chi connectivity index (χ1) is 15.8. The average Bonchev–Trinajstić information content (AvgIpc) is 3.60. The van der Waals surface area contributed by atoms with E-state index in [1.807, 2.05) is 26.8 Å². The monoisotopic (exact) mass is 452 g/mol. The van der Waals surface area contributed by atoms with Crippen molar-refractivity contribution < 1.29 is 14.7 Å². The summed E-state index contributed by atoms with van der Waals surface area (Å²) in [5.74, 6) is 0. The summed E-state index contributed by atoms with van der Waals surface area (Å²) in [5.41, 5.74) is 2.24. The zero-order valence-electron chi connectivity index (χ0n) is 20.0. The largest absolute Gasteiger partial charge is 0.444 e. The summed E-state index contributed by atoms with van der Waals surface area (Å²) >= 11 is 0. The molecule has 1 amide bonds. The Morgan fingerprint density at radius 1 is 1.15 bits per heavy atom. The number of rotatable bonds is 11. The summed E-state index contributed by atoms with van der Waals surface area (Å²) in [4.78, 5) is 21.5. The molecular weight excluding hydrogens is 416 g/mol. The molecule has 0 bridgehead atoms. The van der Waals surface area contributed by atoms with Gasteiger partial charge in [-0.2, -0.15) is 0 Å². The Morgan fingerprint density at radius 3 is 2.55 bits per heavy atom. The average molecular weight is 453 g/mol. The number of unbranched alkanes of at least 4 members (excludes halogenated alkanes) is 1. The highest BCUT2D eigenvalue weighted by molar-refractivity contribution is 5.79. The molecule has 0 atom stereocenters. The Bertz CT molecular complexity index is 907. The van der Waals surface area contributed by atoms with E-state index < -0.39 is 5.60 Å². The number of hydrogen-bond donors (Lipinski definition) is 1. The number of amides is 1. The number of nitrogens with zero attached hydrogens (tertiary/aromatic N) is 4. The van der Waals surface area contributed by atoms with Crippen molar-refractivity contribution in [1.82, 2.24) is 14.8 Å². The number of carbonyl (C=O) groups excluding carboxylic acids is 1. The predicted molar refractivity (Wildman–Crippen MR) is 129 cm³/mol. The zero-order chi connectivity index (χ0) is 23.7. The van der Waals surface area contributed by atoms with Gasteiger partial charge >= 0.3 is 6.09 Å². The van der Waals surface area contributed by atoms with Crippen LogP contribution in [0.3, 0.4) is 0 Å². The SMILES string of the molecule is CC(C)(C)OC(=O)N(CCCCN(Cc1ccccc1)C1CC1)Cc1cc(/C=N/O)ccn1. The van der Waals surface area contributed by atoms with Crippen molar-refractivity contribution in [3.8, 4) is 0 Å². The van der Waals surface area contributed by atoms with E-state index in [0.29, 0.717) is 19.1 Å². The molecule has 1 heterocycles. The number of ether oxygens (including phenoxy) is 1. The second kappa shape index (κ2) is 11.8. The van der Waals surface area contributed by atoms with E-state index >= 15 is 0 Å². The summed E-state index contributed by atoms with van der Waals surface area (Å²) in [5, 5.41) is 11.9. The predicted octanol–water partition coefficient (Wildman–Crippen LogP) is 5.07. The number of benzene rings is 1. The maximum Gasteiger partial charge on any atom is 0.410 e. The van der Waals surface area contributed by atoms with E-state index in [-0.39, 0.29) is 6.09 Å². The lowest BCUT2D eigenvalue weighted by Gasteiger charge is -2.28. The number of hydrogen-bond acceptors (Lipinski definition) is 6. The molecule has 2 aromatic rings. The molecule has 1 aliphatic rings. The second-order valence-corrected chi connectivity index (χ2v) is 9.62. The molecule has 0 saturated heterocycles. The Hall–Kier alpha value is -2.93. The molecule has 178 valence electrons. The smallest absolute Gasteiger partial charge is 0.410 e. The van der Waals surface area contributed by atoms with E-state index in [4.69, 9.17) is 9.94 Å². The molecule has 1 saturated carbocycles. The highest BCUT2D eigenvalue weighted by Crippen LogP contribution is 2.28. The molecule has 33 heavy (non-hydrogen) atoms. The van der Waals surface area contributed by atoms with Gasteiger partial charge in [0.2, 0.25) is 0 Å². The van der Waals surface area contributed by atoms with Gasteiger partial charge < -0.3 is 14.8 Å². The van der Waals surface area contributed by atoms with Crippen LogP contribution in [0.1, 0.15) is 63.3 Å². The first-order valence-corrected chi connectivity index (χ1v) is 11.7. The van der Waals surface area contributed by atoms with Crippen molar-refractivity contribution in [2.45, 2.75) is 71.2 Å². The van der Waals surface area contributed by atoms with Crippen LogP contribution in [-0.2, 0) is 17.8 Å². The molecule has 0 unspecified atom stereocenters. The standard InChI is InChI=1S/C26H36N4O3/c1-26(2,3)33-25(31)30(20-23-17-22(18-28-32)13-14-27-23)16-8-7-15-29(24-11-12-24)19-21-9-5-4-6-10-21/h4-6,9-10,13-14,17-18,24,32H,7-8,11-12,15-16,19-20H2,1-3H3/b28-18+. The Labute approximate surface area is 197 Å². The zero-order valence-corrected chi connectivity index (χ0v) is 20.0. The normalized spacial score (nSPS) is 14.1. The van der Waals surface area contributed by atoms with Crippen LogP contribution in [0.2, 0.25) is 0 Å². The third-order valence-electron chi connectivity index (χ3n) is 5.47. The molecule has 1 aromatic carbocycles. The molecule has 3 rings (SSSR count). The van der Waals surface area contributed by atoms with Gasteiger partial charge in [-0.05, 0) is 76.3 Å². The van der Waals surface area contributed by atoms with E-state index in [9.17, 15) is 4.79 Å². The van der Waals surface area contributed by atoms with Gasteiger partial charge in [-0.1, -0.05) is 35.5 Å². The van der Waals surface area contributed by atoms with Crippen LogP contribution in [-0.4, -0.2) is 57.0 Å². The molecule has 0 spiro atoms. The molecule has 1 N–H and O–H groups in total. The fraction of sp³-hybridized carbons (Fsp3) is 0.500. The van der Waals surface area contributed by atoms with Crippen LogP contribution < -0.4 is 0 Å². The molecule has 1 aliphatic carbocycles. The van der Waals surface area contributed by atoms with Crippen LogP contribution in [0.15, 0.2) is 53.8 Å². The summed E-state index contributed by atoms with van der Waals surface area (Å²) < 4.78 is 5.64. The maximum atomic E-state index is 12.9. The van der Waals surface area contributed by atoms with Crippen LogP contribution in [0, 0.1) is 0 Å². The van der Waals surface area contributed by atoms with E-state index in [1.54, 1.807) is 17.2 Å². The first kappa shape index (κ1) is 24.7. The van der Waals surface area contributed by atoms with Gasteiger partial charge in [-0.25, -0.2) is 4.79 Å². The lowest BCUT2D eigenvalue weighted by molar-refractivity contribution is 0.0226. The topological polar surface area (TPSA) is 78.3 Å². The van der Waals surface area contributed by atoms with Gasteiger partial charge in [0.05, 0.1) is 18.5 Å². The van der Waals surface area contributed by atoms with Gasteiger partial charge in [0.1, 0.15) is 5.60 Å². The summed E-state index contributed by atoms with van der Waals surface area (Å²) in [7, 11) is 0. The number of oxime groups is 1. The van der Waals surface area contributed by atoms with E-state index in [2.05, 4.69) is 45.4 Å². The Kier molecular flexibility index (Phi) is 8.83. The highest BCUT2D eigenvalue weighted by Gasteiger charge is 2.28. The minimum Gasteiger partial charge on any atom is -0.444 e. The van der Waals surface area contributed by atoms with Gasteiger partial charge in [0, 0.05) is 25.3 Å². The number of aromatic nitrogens is 1. The molecule has 0 radical (unpaired) electrons. The minimum absolute atomic E-state index is 0.339. The van der Waals surface area contributed by atoms with E-state index in [0.717, 1.165) is 37.2 Å². The van der Waals surface area contributed by atoms with Gasteiger partial charge in [0.25, 0.3) is 0 Å². The summed E-state index contributed by atoms with van der Waals surface area (Å²) in [6.07, 6.45) is 7.10. The molecular formula is C26H36N4O3. The first-order valence-electron chi connectivity index (χ1n) is 11.7. The van der Waals surface area contributed by atoms with Gasteiger partial charge in [0.15, 0.2) is 0 Å². The molecule has 1 fully saturated rings. The van der Waals surface area contributed by atoms with E-state index in [1.165, 1.54) is 24.6 Å².